The maximum absolute atomic E-state index is 12.4. The van der Waals surface area contributed by atoms with Crippen molar-refractivity contribution in [2.75, 3.05) is 10.5 Å². The Labute approximate surface area is 135 Å². The van der Waals surface area contributed by atoms with Gasteiger partial charge in [-0.2, -0.15) is 5.26 Å². The van der Waals surface area contributed by atoms with E-state index in [1.54, 1.807) is 0 Å². The van der Waals surface area contributed by atoms with E-state index in [-0.39, 0.29) is 20.1 Å². The Morgan fingerprint density at radius 1 is 1.24 bits per heavy atom. The van der Waals surface area contributed by atoms with Crippen LogP contribution < -0.4 is 10.5 Å². The van der Waals surface area contributed by atoms with Crippen LogP contribution in [0.25, 0.3) is 0 Å². The van der Waals surface area contributed by atoms with E-state index in [2.05, 4.69) is 20.7 Å². The van der Waals surface area contributed by atoms with Crippen LogP contribution in [0, 0.1) is 11.3 Å². The molecule has 0 radical (unpaired) electrons. The second-order valence-corrected chi connectivity index (χ2v) is 6.98. The number of anilines is 2. The highest BCUT2D eigenvalue weighted by Crippen LogP contribution is 2.32. The third-order valence-corrected chi connectivity index (χ3v) is 5.36. The molecule has 0 saturated heterocycles. The van der Waals surface area contributed by atoms with Crippen LogP contribution in [0.4, 0.5) is 11.4 Å². The Morgan fingerprint density at radius 2 is 1.86 bits per heavy atom. The van der Waals surface area contributed by atoms with Crippen LogP contribution in [0.15, 0.2) is 45.8 Å². The van der Waals surface area contributed by atoms with Gasteiger partial charge in [0, 0.05) is 16.4 Å². The summed E-state index contributed by atoms with van der Waals surface area (Å²) in [6.07, 6.45) is 0. The lowest BCUT2D eigenvalue weighted by atomic mass is 10.2. The van der Waals surface area contributed by atoms with Crippen molar-refractivity contribution >= 4 is 48.9 Å². The van der Waals surface area contributed by atoms with Gasteiger partial charge in [0.2, 0.25) is 0 Å². The van der Waals surface area contributed by atoms with Crippen molar-refractivity contribution in [3.8, 4) is 6.07 Å². The molecule has 8 heteroatoms. The van der Waals surface area contributed by atoms with Gasteiger partial charge in [0.25, 0.3) is 10.0 Å². The van der Waals surface area contributed by atoms with Gasteiger partial charge in [0.05, 0.1) is 16.1 Å². The van der Waals surface area contributed by atoms with Gasteiger partial charge < -0.3 is 5.73 Å². The van der Waals surface area contributed by atoms with E-state index in [9.17, 15) is 8.42 Å². The zero-order chi connectivity index (χ0) is 15.6. The van der Waals surface area contributed by atoms with E-state index in [1.807, 2.05) is 6.07 Å². The highest BCUT2D eigenvalue weighted by Gasteiger charge is 2.20. The fraction of sp³-hybridized carbons (Fsp3) is 0. The molecule has 0 unspecified atom stereocenters. The van der Waals surface area contributed by atoms with E-state index in [1.165, 1.54) is 36.4 Å². The summed E-state index contributed by atoms with van der Waals surface area (Å²) in [4.78, 5) is -0.0585. The Kier molecular flexibility index (Phi) is 4.42. The quantitative estimate of drug-likeness (QED) is 0.791. The summed E-state index contributed by atoms with van der Waals surface area (Å²) in [5, 5.41) is 8.93. The molecular weight excluding hydrogens is 378 g/mol. The molecule has 0 aliphatic rings. The predicted molar refractivity (Wildman–Crippen MR) is 85.5 cm³/mol. The minimum Gasteiger partial charge on any atom is -0.398 e. The van der Waals surface area contributed by atoms with Crippen LogP contribution in [-0.2, 0) is 10.0 Å². The maximum Gasteiger partial charge on any atom is 0.263 e. The van der Waals surface area contributed by atoms with Crippen molar-refractivity contribution in [3.05, 3.63) is 51.5 Å². The highest BCUT2D eigenvalue weighted by molar-refractivity contribution is 9.10. The summed E-state index contributed by atoms with van der Waals surface area (Å²) in [5.41, 5.74) is 6.68. The first-order valence-electron chi connectivity index (χ1n) is 5.61. The van der Waals surface area contributed by atoms with Crippen molar-refractivity contribution in [1.29, 1.82) is 5.26 Å². The molecule has 0 heterocycles. The average molecular weight is 387 g/mol. The predicted octanol–water partition coefficient (Wildman–Crippen LogP) is 3.36. The van der Waals surface area contributed by atoms with E-state index in [4.69, 9.17) is 22.6 Å². The SMILES string of the molecule is N#Cc1ccc(NS(=O)(=O)c2cc(Cl)cc(N)c2Br)cc1. The summed E-state index contributed by atoms with van der Waals surface area (Å²) in [6, 6.07) is 10.7. The van der Waals surface area contributed by atoms with Crippen LogP contribution >= 0.6 is 27.5 Å². The van der Waals surface area contributed by atoms with Crippen molar-refractivity contribution in [3.63, 3.8) is 0 Å². The number of hydrogen-bond acceptors (Lipinski definition) is 4. The molecule has 0 saturated carbocycles. The number of rotatable bonds is 3. The summed E-state index contributed by atoms with van der Waals surface area (Å²) in [7, 11) is -3.85. The minimum absolute atomic E-state index is 0.0585. The summed E-state index contributed by atoms with van der Waals surface area (Å²) >= 11 is 8.98. The Balaban J connectivity index is 2.41. The van der Waals surface area contributed by atoms with Crippen molar-refractivity contribution in [2.45, 2.75) is 4.90 Å². The maximum atomic E-state index is 12.4. The lowest BCUT2D eigenvalue weighted by Gasteiger charge is -2.11. The molecule has 3 N–H and O–H groups in total. The van der Waals surface area contributed by atoms with Crippen molar-refractivity contribution in [2.24, 2.45) is 0 Å². The second kappa shape index (κ2) is 5.93. The van der Waals surface area contributed by atoms with Crippen LogP contribution in [0.3, 0.4) is 0 Å². The molecule has 0 aliphatic heterocycles. The first kappa shape index (κ1) is 15.6. The topological polar surface area (TPSA) is 96.0 Å². The van der Waals surface area contributed by atoms with Gasteiger partial charge in [0.1, 0.15) is 4.90 Å². The van der Waals surface area contributed by atoms with Gasteiger partial charge in [-0.05, 0) is 52.3 Å². The lowest BCUT2D eigenvalue weighted by molar-refractivity contribution is 0.601. The fourth-order valence-electron chi connectivity index (χ4n) is 1.60. The van der Waals surface area contributed by atoms with Crippen LogP contribution in [-0.4, -0.2) is 8.42 Å². The van der Waals surface area contributed by atoms with Gasteiger partial charge in [-0.25, -0.2) is 8.42 Å². The van der Waals surface area contributed by atoms with Crippen LogP contribution in [0.1, 0.15) is 5.56 Å². The Bertz CT molecular complexity index is 830. The molecule has 0 aliphatic carbocycles. The largest absolute Gasteiger partial charge is 0.398 e. The second-order valence-electron chi connectivity index (χ2n) is 4.10. The third kappa shape index (κ3) is 3.47. The van der Waals surface area contributed by atoms with Gasteiger partial charge in [-0.15, -0.1) is 0 Å². The van der Waals surface area contributed by atoms with Gasteiger partial charge in [-0.1, -0.05) is 11.6 Å². The number of hydrogen-bond donors (Lipinski definition) is 2. The number of sulfonamides is 1. The molecule has 21 heavy (non-hydrogen) atoms. The smallest absolute Gasteiger partial charge is 0.263 e. The molecule has 108 valence electrons. The molecule has 0 atom stereocenters. The Morgan fingerprint density at radius 3 is 2.43 bits per heavy atom. The molecule has 0 bridgehead atoms. The van der Waals surface area contributed by atoms with Gasteiger partial charge in [0.15, 0.2) is 0 Å². The van der Waals surface area contributed by atoms with E-state index >= 15 is 0 Å². The van der Waals surface area contributed by atoms with E-state index < -0.39 is 10.0 Å². The average Bonchev–Trinajstić information content (AvgIpc) is 2.43. The lowest BCUT2D eigenvalue weighted by Crippen LogP contribution is -2.14. The number of benzene rings is 2. The zero-order valence-corrected chi connectivity index (χ0v) is 13.6. The van der Waals surface area contributed by atoms with Gasteiger partial charge in [-0.3, -0.25) is 4.72 Å². The summed E-state index contributed by atoms with van der Waals surface area (Å²) < 4.78 is 27.4. The fourth-order valence-corrected chi connectivity index (χ4v) is 3.95. The number of nitrogens with one attached hydrogen (secondary N) is 1. The molecule has 0 fully saturated rings. The normalized spacial score (nSPS) is 10.9. The van der Waals surface area contributed by atoms with Gasteiger partial charge >= 0.3 is 0 Å². The summed E-state index contributed by atoms with van der Waals surface area (Å²) in [6.45, 7) is 0. The molecule has 0 spiro atoms. The van der Waals surface area contributed by atoms with Crippen molar-refractivity contribution in [1.82, 2.24) is 0 Å². The monoisotopic (exact) mass is 385 g/mol. The molecule has 5 nitrogen and oxygen atoms in total. The number of nitriles is 1. The molecular formula is C13H9BrClN3O2S. The molecule has 2 aromatic carbocycles. The molecule has 2 aromatic rings. The highest BCUT2D eigenvalue weighted by atomic mass is 79.9. The third-order valence-electron chi connectivity index (χ3n) is 2.59. The van der Waals surface area contributed by atoms with E-state index in [0.29, 0.717) is 11.3 Å². The first-order valence-corrected chi connectivity index (χ1v) is 8.26. The Hall–Kier alpha value is -1.75. The number of halogens is 2. The minimum atomic E-state index is -3.85. The van der Waals surface area contributed by atoms with Crippen molar-refractivity contribution < 1.29 is 8.42 Å². The molecule has 0 amide bonds. The standard InChI is InChI=1S/C13H9BrClN3O2S/c14-13-11(17)5-9(15)6-12(13)21(19,20)18-10-3-1-8(7-16)2-4-10/h1-6,18H,17H2. The number of nitrogen functional groups attached to an aromatic ring is 1. The summed E-state index contributed by atoms with van der Waals surface area (Å²) in [5.74, 6) is 0. The van der Waals surface area contributed by atoms with Crippen LogP contribution in [0.2, 0.25) is 5.02 Å². The molecule has 2 rings (SSSR count). The van der Waals surface area contributed by atoms with E-state index in [0.717, 1.165) is 0 Å². The number of nitrogens with zero attached hydrogens (tertiary/aromatic N) is 1. The number of nitrogens with two attached hydrogens (primary N) is 1. The first-order chi connectivity index (χ1) is 9.83. The zero-order valence-electron chi connectivity index (χ0n) is 10.5. The van der Waals surface area contributed by atoms with Crippen LogP contribution in [0.5, 0.6) is 0 Å². The molecule has 0 aromatic heterocycles.